The fraction of sp³-hybridized carbons (Fsp3) is 0.318. The first-order valence-electron chi connectivity index (χ1n) is 9.59. The molecule has 6 nitrogen and oxygen atoms in total. The van der Waals surface area contributed by atoms with Gasteiger partial charge in [-0.1, -0.05) is 36.4 Å². The highest BCUT2D eigenvalue weighted by Gasteiger charge is 2.22. The van der Waals surface area contributed by atoms with Crippen molar-refractivity contribution in [3.05, 3.63) is 65.7 Å². The summed E-state index contributed by atoms with van der Waals surface area (Å²) >= 11 is 1.73. The van der Waals surface area contributed by atoms with Crippen LogP contribution in [0.2, 0.25) is 0 Å². The number of rotatable bonds is 9. The largest absolute Gasteiger partial charge is 0.452 e. The van der Waals surface area contributed by atoms with E-state index in [1.165, 1.54) is 5.56 Å². The Labute approximate surface area is 174 Å². The summed E-state index contributed by atoms with van der Waals surface area (Å²) in [6.45, 7) is 0.845. The third-order valence-electron chi connectivity index (χ3n) is 4.48. The molecule has 0 bridgehead atoms. The molecule has 2 amide bonds. The number of amides is 2. The van der Waals surface area contributed by atoms with Crippen molar-refractivity contribution in [2.45, 2.75) is 18.6 Å². The molecular weight excluding hydrogens is 388 g/mol. The number of ether oxygens (including phenoxy) is 1. The molecule has 0 saturated carbocycles. The van der Waals surface area contributed by atoms with Crippen LogP contribution in [0.4, 0.5) is 5.69 Å². The number of anilines is 1. The zero-order chi connectivity index (χ0) is 20.5. The summed E-state index contributed by atoms with van der Waals surface area (Å²) in [4.78, 5) is 37.6. The quantitative estimate of drug-likeness (QED) is 0.506. The normalized spacial score (nSPS) is 13.4. The average Bonchev–Trinajstić information content (AvgIpc) is 3.18. The summed E-state index contributed by atoms with van der Waals surface area (Å²) in [5.41, 5.74) is 2.26. The Morgan fingerprint density at radius 3 is 2.69 bits per heavy atom. The van der Waals surface area contributed by atoms with Gasteiger partial charge in [-0.3, -0.25) is 9.59 Å². The number of benzene rings is 2. The third kappa shape index (κ3) is 6.35. The molecule has 0 aromatic heterocycles. The SMILES string of the molecule is O=C(COC(=O)c1cccc(N2CCCC2=O)c1)NCCSCc1ccccc1. The molecule has 1 saturated heterocycles. The maximum Gasteiger partial charge on any atom is 0.338 e. The van der Waals surface area contributed by atoms with E-state index >= 15 is 0 Å². The number of hydrogen-bond donors (Lipinski definition) is 1. The first-order chi connectivity index (χ1) is 14.1. The molecule has 0 unspecified atom stereocenters. The third-order valence-corrected chi connectivity index (χ3v) is 5.51. The van der Waals surface area contributed by atoms with Gasteiger partial charge >= 0.3 is 5.97 Å². The molecule has 0 radical (unpaired) electrons. The molecule has 7 heteroatoms. The van der Waals surface area contributed by atoms with E-state index in [9.17, 15) is 14.4 Å². The van der Waals surface area contributed by atoms with Crippen LogP contribution >= 0.6 is 11.8 Å². The molecule has 0 spiro atoms. The fourth-order valence-electron chi connectivity index (χ4n) is 3.01. The topological polar surface area (TPSA) is 75.7 Å². The van der Waals surface area contributed by atoms with Gasteiger partial charge in [0.1, 0.15) is 0 Å². The second-order valence-electron chi connectivity index (χ2n) is 6.66. The number of nitrogens with zero attached hydrogens (tertiary/aromatic N) is 1. The maximum atomic E-state index is 12.2. The first kappa shape index (κ1) is 20.9. The number of esters is 1. The van der Waals surface area contributed by atoms with Gasteiger partial charge in [-0.25, -0.2) is 4.79 Å². The van der Waals surface area contributed by atoms with Crippen LogP contribution in [0.5, 0.6) is 0 Å². The number of hydrogen-bond acceptors (Lipinski definition) is 5. The molecule has 152 valence electrons. The van der Waals surface area contributed by atoms with E-state index in [4.69, 9.17) is 4.74 Å². The molecule has 3 rings (SSSR count). The molecule has 1 aliphatic rings. The highest BCUT2D eigenvalue weighted by molar-refractivity contribution is 7.98. The van der Waals surface area contributed by atoms with E-state index in [0.29, 0.717) is 30.8 Å². The van der Waals surface area contributed by atoms with Crippen molar-refractivity contribution in [3.63, 3.8) is 0 Å². The van der Waals surface area contributed by atoms with Crippen LogP contribution in [0.15, 0.2) is 54.6 Å². The Hall–Kier alpha value is -2.80. The number of nitrogens with one attached hydrogen (secondary N) is 1. The average molecular weight is 413 g/mol. The Morgan fingerprint density at radius 2 is 1.93 bits per heavy atom. The molecular formula is C22H24N2O4S. The number of carbonyl (C=O) groups is 3. The Balaban J connectivity index is 1.36. The standard InChI is InChI=1S/C22H24N2O4S/c25-20(23-11-13-29-16-17-6-2-1-3-7-17)15-28-22(27)18-8-4-9-19(14-18)24-12-5-10-21(24)26/h1-4,6-9,14H,5,10-13,15-16H2,(H,23,25). The smallest absolute Gasteiger partial charge is 0.338 e. The lowest BCUT2D eigenvalue weighted by Crippen LogP contribution is -2.30. The van der Waals surface area contributed by atoms with E-state index in [0.717, 1.165) is 17.9 Å². The lowest BCUT2D eigenvalue weighted by atomic mass is 10.2. The fourth-order valence-corrected chi connectivity index (χ4v) is 3.83. The summed E-state index contributed by atoms with van der Waals surface area (Å²) < 4.78 is 5.10. The molecule has 1 aliphatic heterocycles. The molecule has 0 atom stereocenters. The van der Waals surface area contributed by atoms with E-state index in [1.54, 1.807) is 40.9 Å². The zero-order valence-corrected chi connectivity index (χ0v) is 17.0. The second-order valence-corrected chi connectivity index (χ2v) is 7.77. The minimum atomic E-state index is -0.577. The summed E-state index contributed by atoms with van der Waals surface area (Å²) in [7, 11) is 0. The highest BCUT2D eigenvalue weighted by atomic mass is 32.2. The molecule has 0 aliphatic carbocycles. The highest BCUT2D eigenvalue weighted by Crippen LogP contribution is 2.22. The van der Waals surface area contributed by atoms with E-state index in [1.807, 2.05) is 18.2 Å². The van der Waals surface area contributed by atoms with Crippen LogP contribution in [0.3, 0.4) is 0 Å². The minimum Gasteiger partial charge on any atom is -0.452 e. The summed E-state index contributed by atoms with van der Waals surface area (Å²) in [5.74, 6) is 0.818. The predicted molar refractivity (Wildman–Crippen MR) is 114 cm³/mol. The Kier molecular flexibility index (Phi) is 7.69. The van der Waals surface area contributed by atoms with Gasteiger partial charge in [0.25, 0.3) is 5.91 Å². The van der Waals surface area contributed by atoms with Gasteiger partial charge in [-0.05, 0) is 30.2 Å². The minimum absolute atomic E-state index is 0.0556. The van der Waals surface area contributed by atoms with Crippen LogP contribution in [0, 0.1) is 0 Å². The predicted octanol–water partition coefficient (Wildman–Crippen LogP) is 3.02. The molecule has 1 N–H and O–H groups in total. The van der Waals surface area contributed by atoms with Gasteiger partial charge in [0.05, 0.1) is 5.56 Å². The number of thioether (sulfide) groups is 1. The molecule has 1 heterocycles. The van der Waals surface area contributed by atoms with Gasteiger partial charge < -0.3 is 15.0 Å². The van der Waals surface area contributed by atoms with Crippen LogP contribution in [0.1, 0.15) is 28.8 Å². The molecule has 29 heavy (non-hydrogen) atoms. The molecule has 1 fully saturated rings. The van der Waals surface area contributed by atoms with Crippen molar-refractivity contribution in [1.29, 1.82) is 0 Å². The van der Waals surface area contributed by atoms with Gasteiger partial charge in [-0.2, -0.15) is 11.8 Å². The van der Waals surface area contributed by atoms with Gasteiger partial charge in [-0.15, -0.1) is 0 Å². The Bertz CT molecular complexity index is 857. The van der Waals surface area contributed by atoms with Crippen LogP contribution in [0.25, 0.3) is 0 Å². The molecule has 2 aromatic carbocycles. The van der Waals surface area contributed by atoms with Crippen LogP contribution in [-0.2, 0) is 20.1 Å². The van der Waals surface area contributed by atoms with Crippen molar-refractivity contribution in [1.82, 2.24) is 5.32 Å². The van der Waals surface area contributed by atoms with Gasteiger partial charge in [0, 0.05) is 36.7 Å². The molecule has 2 aromatic rings. The lowest BCUT2D eigenvalue weighted by Gasteiger charge is -2.16. The van der Waals surface area contributed by atoms with Crippen molar-refractivity contribution in [2.75, 3.05) is 30.3 Å². The second kappa shape index (κ2) is 10.7. The van der Waals surface area contributed by atoms with E-state index < -0.39 is 5.97 Å². The van der Waals surface area contributed by atoms with Crippen molar-refractivity contribution >= 4 is 35.2 Å². The van der Waals surface area contributed by atoms with E-state index in [2.05, 4.69) is 17.4 Å². The lowest BCUT2D eigenvalue weighted by molar-refractivity contribution is -0.124. The Morgan fingerprint density at radius 1 is 1.10 bits per heavy atom. The van der Waals surface area contributed by atoms with Crippen molar-refractivity contribution in [3.8, 4) is 0 Å². The van der Waals surface area contributed by atoms with Gasteiger partial charge in [0.15, 0.2) is 6.61 Å². The first-order valence-corrected chi connectivity index (χ1v) is 10.7. The summed E-state index contributed by atoms with van der Waals surface area (Å²) in [5, 5.41) is 2.75. The monoisotopic (exact) mass is 412 g/mol. The van der Waals surface area contributed by atoms with E-state index in [-0.39, 0.29) is 18.4 Å². The summed E-state index contributed by atoms with van der Waals surface area (Å²) in [6, 6.07) is 16.9. The van der Waals surface area contributed by atoms with Crippen molar-refractivity contribution in [2.24, 2.45) is 0 Å². The van der Waals surface area contributed by atoms with Crippen LogP contribution in [-0.4, -0.2) is 43.2 Å². The number of carbonyl (C=O) groups excluding carboxylic acids is 3. The zero-order valence-electron chi connectivity index (χ0n) is 16.1. The maximum absolute atomic E-state index is 12.2. The van der Waals surface area contributed by atoms with Crippen LogP contribution < -0.4 is 10.2 Å². The van der Waals surface area contributed by atoms with Crippen molar-refractivity contribution < 1.29 is 19.1 Å². The van der Waals surface area contributed by atoms with Gasteiger partial charge in [0.2, 0.25) is 5.91 Å². The summed E-state index contributed by atoms with van der Waals surface area (Å²) in [6.07, 6.45) is 1.34.